The molecule has 158 valence electrons. The van der Waals surface area contributed by atoms with E-state index in [9.17, 15) is 15.2 Å². The molecule has 2 atom stereocenters. The minimum absolute atomic E-state index is 0.299. The summed E-state index contributed by atoms with van der Waals surface area (Å²) in [6.07, 6.45) is 0.0422. The monoisotopic (exact) mass is 415 g/mol. The Bertz CT molecular complexity index is 1150. The van der Waals surface area contributed by atoms with Crippen LogP contribution in [0, 0.1) is 35.5 Å². The minimum Gasteiger partial charge on any atom is -0.465 e. The van der Waals surface area contributed by atoms with Gasteiger partial charge in [-0.05, 0) is 69.0 Å². The van der Waals surface area contributed by atoms with Crippen LogP contribution in [0.3, 0.4) is 0 Å². The van der Waals surface area contributed by atoms with Gasteiger partial charge in [-0.3, -0.25) is 4.90 Å². The number of nitrogens with one attached hydrogen (secondary N) is 1. The van der Waals surface area contributed by atoms with Gasteiger partial charge in [-0.2, -0.15) is 10.5 Å². The van der Waals surface area contributed by atoms with Gasteiger partial charge in [0.25, 0.3) is 0 Å². The van der Waals surface area contributed by atoms with Gasteiger partial charge in [-0.1, -0.05) is 18.2 Å². The molecule has 3 aromatic rings. The van der Waals surface area contributed by atoms with Crippen LogP contribution in [0.2, 0.25) is 0 Å². The number of benzene rings is 2. The van der Waals surface area contributed by atoms with Crippen molar-refractivity contribution in [1.29, 1.82) is 10.5 Å². The van der Waals surface area contributed by atoms with Crippen LogP contribution in [0.15, 0.2) is 42.5 Å². The van der Waals surface area contributed by atoms with Gasteiger partial charge in [0.05, 0.1) is 40.7 Å². The van der Waals surface area contributed by atoms with Crippen LogP contribution in [0.1, 0.15) is 48.8 Å². The second-order valence-electron chi connectivity index (χ2n) is 7.91. The van der Waals surface area contributed by atoms with Gasteiger partial charge in [-0.15, -0.1) is 0 Å². The molecule has 0 aliphatic heterocycles. The molecule has 0 aliphatic rings. The Morgan fingerprint density at radius 3 is 2.48 bits per heavy atom. The predicted octanol–water partition coefficient (Wildman–Crippen LogP) is 4.95. The number of carbonyl (C=O) groups is 1. The van der Waals surface area contributed by atoms with Crippen molar-refractivity contribution in [2.75, 3.05) is 0 Å². The molecule has 1 aromatic heterocycles. The van der Waals surface area contributed by atoms with E-state index in [2.05, 4.69) is 22.1 Å². The summed E-state index contributed by atoms with van der Waals surface area (Å²) in [5.41, 5.74) is 3.97. The number of imidazole rings is 1. The van der Waals surface area contributed by atoms with Gasteiger partial charge >= 0.3 is 6.09 Å². The van der Waals surface area contributed by atoms with Gasteiger partial charge in [-0.25, -0.2) is 9.78 Å². The molecular weight excluding hydrogens is 390 g/mol. The third kappa shape index (κ3) is 4.84. The normalized spacial score (nSPS) is 12.8. The van der Waals surface area contributed by atoms with E-state index in [0.29, 0.717) is 18.4 Å². The summed E-state index contributed by atoms with van der Waals surface area (Å²) in [6.45, 7) is 5.49. The Morgan fingerprint density at radius 1 is 1.19 bits per heavy atom. The number of rotatable bonds is 7. The second kappa shape index (κ2) is 9.32. The van der Waals surface area contributed by atoms with Crippen molar-refractivity contribution in [1.82, 2.24) is 14.9 Å². The summed E-state index contributed by atoms with van der Waals surface area (Å²) in [6, 6.07) is 16.4. The predicted molar refractivity (Wildman–Crippen MR) is 117 cm³/mol. The number of nitrogens with zero attached hydrogens (tertiary/aromatic N) is 4. The summed E-state index contributed by atoms with van der Waals surface area (Å²) < 4.78 is 0. The van der Waals surface area contributed by atoms with Crippen molar-refractivity contribution in [3.8, 4) is 12.1 Å². The van der Waals surface area contributed by atoms with Gasteiger partial charge in [0, 0.05) is 6.04 Å². The summed E-state index contributed by atoms with van der Waals surface area (Å²) in [4.78, 5) is 21.1. The Kier molecular flexibility index (Phi) is 6.57. The summed E-state index contributed by atoms with van der Waals surface area (Å²) >= 11 is 0. The van der Waals surface area contributed by atoms with Crippen molar-refractivity contribution in [3.05, 3.63) is 65.0 Å². The Balaban J connectivity index is 1.96. The molecule has 0 saturated carbocycles. The molecule has 0 saturated heterocycles. The smallest absolute Gasteiger partial charge is 0.408 e. The Hall–Kier alpha value is -3.84. The van der Waals surface area contributed by atoms with Crippen LogP contribution in [0.5, 0.6) is 0 Å². The largest absolute Gasteiger partial charge is 0.465 e. The van der Waals surface area contributed by atoms with Crippen molar-refractivity contribution >= 4 is 17.1 Å². The summed E-state index contributed by atoms with van der Waals surface area (Å²) in [5.74, 6) is 0.232. The highest BCUT2D eigenvalue weighted by Crippen LogP contribution is 2.34. The van der Waals surface area contributed by atoms with Gasteiger partial charge in [0.15, 0.2) is 0 Å². The lowest BCUT2D eigenvalue weighted by Gasteiger charge is -2.35. The average Bonchev–Trinajstić information content (AvgIpc) is 3.12. The molecule has 0 aliphatic carbocycles. The number of hydrogen-bond donors (Lipinski definition) is 2. The van der Waals surface area contributed by atoms with Crippen LogP contribution < -0.4 is 0 Å². The number of aryl methyl sites for hydroxylation is 2. The lowest BCUT2D eigenvalue weighted by Crippen LogP contribution is -2.42. The lowest BCUT2D eigenvalue weighted by molar-refractivity contribution is 0.0923. The second-order valence-corrected chi connectivity index (χ2v) is 7.91. The SMILES string of the molecule is Cc1nc2ccc(C(C(C#N)CCc3ccc(C#N)cc3)N(C(=O)O)C(C)C)cc2[nH]1. The molecule has 31 heavy (non-hydrogen) atoms. The minimum atomic E-state index is -1.06. The first-order valence-electron chi connectivity index (χ1n) is 10.2. The number of H-pyrrole nitrogens is 1. The number of amides is 1. The van der Waals surface area contributed by atoms with Crippen LogP contribution in [0.4, 0.5) is 4.79 Å². The first-order chi connectivity index (χ1) is 14.8. The van der Waals surface area contributed by atoms with Crippen LogP contribution in [-0.2, 0) is 6.42 Å². The number of hydrogen-bond acceptors (Lipinski definition) is 4. The maximum Gasteiger partial charge on any atom is 0.408 e. The Labute approximate surface area is 181 Å². The maximum absolute atomic E-state index is 12.2. The molecule has 0 bridgehead atoms. The Morgan fingerprint density at radius 2 is 1.90 bits per heavy atom. The topological polar surface area (TPSA) is 117 Å². The summed E-state index contributed by atoms with van der Waals surface area (Å²) in [7, 11) is 0. The third-order valence-electron chi connectivity index (χ3n) is 5.42. The van der Waals surface area contributed by atoms with E-state index in [1.54, 1.807) is 12.1 Å². The van der Waals surface area contributed by atoms with Crippen molar-refractivity contribution in [2.45, 2.75) is 45.7 Å². The van der Waals surface area contributed by atoms with Gasteiger partial charge in [0.1, 0.15) is 5.82 Å². The lowest BCUT2D eigenvalue weighted by atomic mass is 9.87. The molecule has 7 heteroatoms. The molecule has 0 fully saturated rings. The number of nitriles is 2. The molecule has 1 heterocycles. The fourth-order valence-electron chi connectivity index (χ4n) is 3.95. The number of aromatic amines is 1. The fourth-order valence-corrected chi connectivity index (χ4v) is 3.95. The quantitative estimate of drug-likeness (QED) is 0.566. The fraction of sp³-hybridized carbons (Fsp3) is 0.333. The number of carboxylic acid groups (broad SMARTS) is 1. The van der Waals surface area contributed by atoms with Crippen LogP contribution in [-0.4, -0.2) is 32.1 Å². The van der Waals surface area contributed by atoms with Gasteiger partial charge < -0.3 is 10.1 Å². The van der Waals surface area contributed by atoms with Gasteiger partial charge in [0.2, 0.25) is 0 Å². The van der Waals surface area contributed by atoms with Crippen molar-refractivity contribution in [3.63, 3.8) is 0 Å². The zero-order valence-electron chi connectivity index (χ0n) is 17.8. The van der Waals surface area contributed by atoms with Crippen LogP contribution in [0.25, 0.3) is 11.0 Å². The molecule has 3 rings (SSSR count). The molecule has 7 nitrogen and oxygen atoms in total. The highest BCUT2D eigenvalue weighted by Gasteiger charge is 2.34. The van der Waals surface area contributed by atoms with E-state index in [4.69, 9.17) is 5.26 Å². The van der Waals surface area contributed by atoms with Crippen LogP contribution >= 0.6 is 0 Å². The molecule has 2 unspecified atom stereocenters. The van der Waals surface area contributed by atoms with Crippen molar-refractivity contribution in [2.24, 2.45) is 5.92 Å². The van der Waals surface area contributed by atoms with E-state index in [1.807, 2.05) is 51.1 Å². The standard InChI is InChI=1S/C24H25N5O2/c1-15(2)29(24(30)31)23(19-10-11-21-22(12-19)28-16(3)27-21)20(14-26)9-8-17-4-6-18(13-25)7-5-17/h4-7,10-12,15,20,23H,8-9H2,1-3H3,(H,27,28)(H,30,31). The number of fused-ring (bicyclic) bond motifs is 1. The first-order valence-corrected chi connectivity index (χ1v) is 10.2. The van der Waals surface area contributed by atoms with E-state index in [1.165, 1.54) is 4.90 Å². The van der Waals surface area contributed by atoms with E-state index in [0.717, 1.165) is 28.0 Å². The molecule has 0 radical (unpaired) electrons. The molecule has 2 N–H and O–H groups in total. The third-order valence-corrected chi connectivity index (χ3v) is 5.42. The molecule has 2 aromatic carbocycles. The summed E-state index contributed by atoms with van der Waals surface area (Å²) in [5, 5.41) is 28.9. The zero-order valence-corrected chi connectivity index (χ0v) is 17.8. The molecular formula is C24H25N5O2. The maximum atomic E-state index is 12.2. The average molecular weight is 415 g/mol. The molecule has 0 spiro atoms. The van der Waals surface area contributed by atoms with Crippen molar-refractivity contribution < 1.29 is 9.90 Å². The first kappa shape index (κ1) is 21.9. The van der Waals surface area contributed by atoms with E-state index < -0.39 is 18.1 Å². The van der Waals surface area contributed by atoms with E-state index in [-0.39, 0.29) is 6.04 Å². The highest BCUT2D eigenvalue weighted by atomic mass is 16.4. The van der Waals surface area contributed by atoms with E-state index >= 15 is 0 Å². The molecule has 1 amide bonds. The zero-order chi connectivity index (χ0) is 22.5. The highest BCUT2D eigenvalue weighted by molar-refractivity contribution is 5.76. The number of aromatic nitrogens is 2.